The number of hydrogen-bond donors (Lipinski definition) is 3. The molecular weight excluding hydrogens is 224 g/mol. The van der Waals surface area contributed by atoms with Gasteiger partial charge in [-0.2, -0.15) is 0 Å². The van der Waals surface area contributed by atoms with Crippen LogP contribution >= 0.6 is 0 Å². The van der Waals surface area contributed by atoms with Gasteiger partial charge in [0.2, 0.25) is 0 Å². The third-order valence-electron chi connectivity index (χ3n) is 2.48. The first-order valence-electron chi connectivity index (χ1n) is 6.24. The van der Waals surface area contributed by atoms with E-state index in [-0.39, 0.29) is 6.17 Å². The number of benzene rings is 1. The van der Waals surface area contributed by atoms with Crippen LogP contribution < -0.4 is 16.2 Å². The molecule has 4 heteroatoms. The molecule has 1 aliphatic rings. The summed E-state index contributed by atoms with van der Waals surface area (Å²) in [5.74, 6) is 0.873. The zero-order valence-corrected chi connectivity index (χ0v) is 11.5. The summed E-state index contributed by atoms with van der Waals surface area (Å²) in [5, 5.41) is 3.27. The Hall–Kier alpha value is -1.81. The van der Waals surface area contributed by atoms with Gasteiger partial charge in [0.25, 0.3) is 0 Å². The zero-order valence-electron chi connectivity index (χ0n) is 11.5. The Bertz CT molecular complexity index is 437. The molecule has 0 saturated heterocycles. The summed E-state index contributed by atoms with van der Waals surface area (Å²) in [5.41, 5.74) is 9.07. The summed E-state index contributed by atoms with van der Waals surface area (Å²) in [6, 6.07) is 8.10. The van der Waals surface area contributed by atoms with Crippen molar-refractivity contribution in [2.24, 2.45) is 4.99 Å². The molecule has 3 N–H and O–H groups in total. The number of aryl methyl sites for hydroxylation is 1. The third-order valence-corrected chi connectivity index (χ3v) is 2.48. The van der Waals surface area contributed by atoms with Crippen molar-refractivity contribution in [3.63, 3.8) is 0 Å². The first-order chi connectivity index (χ1) is 8.66. The van der Waals surface area contributed by atoms with E-state index in [9.17, 15) is 0 Å². The molecule has 18 heavy (non-hydrogen) atoms. The average molecular weight is 246 g/mol. The molecule has 0 amide bonds. The number of hydrazine groups is 1. The number of aliphatic imine (C=N–C) groups is 1. The molecule has 4 nitrogen and oxygen atoms in total. The first-order valence-corrected chi connectivity index (χ1v) is 6.24. The SMILES string of the molecule is C=C(Nc1ccccc1C)C1N=C(C)NN1.CC. The number of nitrogens with zero attached hydrogens (tertiary/aromatic N) is 1. The van der Waals surface area contributed by atoms with E-state index in [0.717, 1.165) is 17.2 Å². The van der Waals surface area contributed by atoms with Crippen molar-refractivity contribution in [1.82, 2.24) is 10.9 Å². The predicted octanol–water partition coefficient (Wildman–Crippen LogP) is 2.80. The van der Waals surface area contributed by atoms with Crippen molar-refractivity contribution < 1.29 is 0 Å². The highest BCUT2D eigenvalue weighted by Crippen LogP contribution is 2.17. The van der Waals surface area contributed by atoms with E-state index in [1.807, 2.05) is 39.0 Å². The Morgan fingerprint density at radius 1 is 1.28 bits per heavy atom. The van der Waals surface area contributed by atoms with Crippen LogP contribution in [0.25, 0.3) is 0 Å². The van der Waals surface area contributed by atoms with Gasteiger partial charge in [0, 0.05) is 11.4 Å². The van der Waals surface area contributed by atoms with Crippen LogP contribution in [0.1, 0.15) is 26.3 Å². The minimum absolute atomic E-state index is 0.111. The van der Waals surface area contributed by atoms with E-state index in [4.69, 9.17) is 0 Å². The fourth-order valence-corrected chi connectivity index (χ4v) is 1.55. The summed E-state index contributed by atoms with van der Waals surface area (Å²) < 4.78 is 0. The maximum Gasteiger partial charge on any atom is 0.158 e. The number of amidine groups is 1. The number of para-hydroxylation sites is 1. The molecule has 1 heterocycles. The van der Waals surface area contributed by atoms with Gasteiger partial charge in [0.05, 0.1) is 0 Å². The van der Waals surface area contributed by atoms with Crippen molar-refractivity contribution in [3.8, 4) is 0 Å². The lowest BCUT2D eigenvalue weighted by atomic mass is 10.2. The molecule has 0 bridgehead atoms. The van der Waals surface area contributed by atoms with E-state index in [1.54, 1.807) is 0 Å². The van der Waals surface area contributed by atoms with E-state index in [0.29, 0.717) is 0 Å². The molecule has 0 saturated carbocycles. The molecule has 2 rings (SSSR count). The number of hydrogen-bond acceptors (Lipinski definition) is 4. The number of rotatable bonds is 3. The Kier molecular flexibility index (Phi) is 5.39. The van der Waals surface area contributed by atoms with E-state index >= 15 is 0 Å². The highest BCUT2D eigenvalue weighted by molar-refractivity contribution is 5.81. The molecule has 0 aliphatic carbocycles. The molecule has 1 aliphatic heterocycles. The number of anilines is 1. The van der Waals surface area contributed by atoms with Crippen LogP contribution in [0.2, 0.25) is 0 Å². The Morgan fingerprint density at radius 2 is 1.94 bits per heavy atom. The van der Waals surface area contributed by atoms with Gasteiger partial charge in [0.15, 0.2) is 6.17 Å². The number of nitrogens with one attached hydrogen (secondary N) is 3. The van der Waals surface area contributed by atoms with Crippen LogP contribution in [-0.4, -0.2) is 12.0 Å². The maximum atomic E-state index is 4.35. The van der Waals surface area contributed by atoms with Gasteiger partial charge in [0.1, 0.15) is 5.84 Å². The Morgan fingerprint density at radius 3 is 2.50 bits per heavy atom. The van der Waals surface area contributed by atoms with Gasteiger partial charge >= 0.3 is 0 Å². The lowest BCUT2D eigenvalue weighted by Gasteiger charge is -2.15. The molecule has 0 radical (unpaired) electrons. The summed E-state index contributed by atoms with van der Waals surface area (Å²) in [7, 11) is 0. The van der Waals surface area contributed by atoms with Crippen molar-refractivity contribution in [3.05, 3.63) is 42.1 Å². The van der Waals surface area contributed by atoms with E-state index in [1.165, 1.54) is 5.56 Å². The van der Waals surface area contributed by atoms with Crippen molar-refractivity contribution in [2.75, 3.05) is 5.32 Å². The van der Waals surface area contributed by atoms with Crippen LogP contribution in [0.4, 0.5) is 5.69 Å². The minimum Gasteiger partial charge on any atom is -0.356 e. The second kappa shape index (κ2) is 6.81. The predicted molar refractivity (Wildman–Crippen MR) is 78.5 cm³/mol. The van der Waals surface area contributed by atoms with Crippen molar-refractivity contribution >= 4 is 11.5 Å². The first kappa shape index (κ1) is 14.3. The Balaban J connectivity index is 0.000000771. The summed E-state index contributed by atoms with van der Waals surface area (Å²) in [4.78, 5) is 4.35. The van der Waals surface area contributed by atoms with Crippen LogP contribution in [-0.2, 0) is 0 Å². The molecule has 1 unspecified atom stereocenters. The topological polar surface area (TPSA) is 48.5 Å². The van der Waals surface area contributed by atoms with Gasteiger partial charge in [-0.3, -0.25) is 0 Å². The summed E-state index contributed by atoms with van der Waals surface area (Å²) in [6.45, 7) is 12.0. The fraction of sp³-hybridized carbons (Fsp3) is 0.357. The van der Waals surface area contributed by atoms with Crippen LogP contribution in [0.5, 0.6) is 0 Å². The van der Waals surface area contributed by atoms with Gasteiger partial charge in [-0.1, -0.05) is 38.6 Å². The van der Waals surface area contributed by atoms with Crippen molar-refractivity contribution in [1.29, 1.82) is 0 Å². The molecule has 1 atom stereocenters. The molecule has 1 aromatic carbocycles. The van der Waals surface area contributed by atoms with Crippen LogP contribution in [0.3, 0.4) is 0 Å². The molecule has 98 valence electrons. The molecule has 0 spiro atoms. The minimum atomic E-state index is -0.111. The molecular formula is C14H22N4. The summed E-state index contributed by atoms with van der Waals surface area (Å²) in [6.07, 6.45) is -0.111. The fourth-order valence-electron chi connectivity index (χ4n) is 1.55. The van der Waals surface area contributed by atoms with E-state index in [2.05, 4.69) is 40.7 Å². The lowest BCUT2D eigenvalue weighted by molar-refractivity contribution is 0.612. The van der Waals surface area contributed by atoms with Gasteiger partial charge in [-0.25, -0.2) is 10.4 Å². The van der Waals surface area contributed by atoms with Crippen molar-refractivity contribution in [2.45, 2.75) is 33.9 Å². The van der Waals surface area contributed by atoms with Gasteiger partial charge in [-0.15, -0.1) is 0 Å². The molecule has 1 aromatic rings. The largest absolute Gasteiger partial charge is 0.356 e. The smallest absolute Gasteiger partial charge is 0.158 e. The van der Waals surface area contributed by atoms with Crippen LogP contribution in [0, 0.1) is 6.92 Å². The second-order valence-electron chi connectivity index (χ2n) is 3.85. The summed E-state index contributed by atoms with van der Waals surface area (Å²) >= 11 is 0. The zero-order chi connectivity index (χ0) is 13.5. The quantitative estimate of drug-likeness (QED) is 0.768. The maximum absolute atomic E-state index is 4.35. The standard InChI is InChI=1S/C12H16N4.C2H6/c1-8-6-4-5-7-11(8)13-9(2)12-14-10(3)15-16-12;1-2/h4-7,12-13,16H,2H2,1,3H3,(H,14,15);1-2H3. The van der Waals surface area contributed by atoms with Gasteiger partial charge in [-0.05, 0) is 25.5 Å². The Labute approximate surface area is 109 Å². The normalized spacial score (nSPS) is 17.1. The highest BCUT2D eigenvalue weighted by Gasteiger charge is 2.16. The second-order valence-corrected chi connectivity index (χ2v) is 3.85. The third kappa shape index (κ3) is 3.60. The average Bonchev–Trinajstić information content (AvgIpc) is 2.81. The van der Waals surface area contributed by atoms with E-state index < -0.39 is 0 Å². The lowest BCUT2D eigenvalue weighted by Crippen LogP contribution is -2.36. The monoisotopic (exact) mass is 246 g/mol. The van der Waals surface area contributed by atoms with Crippen LogP contribution in [0.15, 0.2) is 41.5 Å². The molecule has 0 fully saturated rings. The highest BCUT2D eigenvalue weighted by atomic mass is 15.5. The van der Waals surface area contributed by atoms with Gasteiger partial charge < -0.3 is 10.7 Å². The molecule has 0 aromatic heterocycles.